The van der Waals surface area contributed by atoms with Crippen molar-refractivity contribution in [1.29, 1.82) is 0 Å². The van der Waals surface area contributed by atoms with Crippen molar-refractivity contribution in [2.75, 3.05) is 13.1 Å². The summed E-state index contributed by atoms with van der Waals surface area (Å²) in [6, 6.07) is 4.64. The maximum Gasteiger partial charge on any atom is 0.289 e. The standard InChI is InChI=1S/C20H27N5OS/c26-20(21-15-5-2-1-3-6-15)19-23-22-18-17-13-24(12-16-7-4-10-27-16)11-14(17)8-9-25(18)19/h4,7,10,14-15,17H,1-3,5-6,8-9,11-13H2,(H,21,26). The van der Waals surface area contributed by atoms with Gasteiger partial charge in [0.2, 0.25) is 5.82 Å². The number of rotatable bonds is 4. The highest BCUT2D eigenvalue weighted by atomic mass is 32.1. The van der Waals surface area contributed by atoms with E-state index in [0.29, 0.717) is 23.7 Å². The highest BCUT2D eigenvalue weighted by Gasteiger charge is 2.40. The van der Waals surface area contributed by atoms with Gasteiger partial charge in [0.25, 0.3) is 5.91 Å². The molecule has 0 spiro atoms. The lowest BCUT2D eigenvalue weighted by Crippen LogP contribution is -2.38. The molecule has 27 heavy (non-hydrogen) atoms. The zero-order valence-corrected chi connectivity index (χ0v) is 16.5. The Hall–Kier alpha value is -1.73. The fourth-order valence-electron chi connectivity index (χ4n) is 5.07. The second-order valence-electron chi connectivity index (χ2n) is 8.27. The Bertz CT molecular complexity index is 795. The normalized spacial score (nSPS) is 25.9. The van der Waals surface area contributed by atoms with Crippen molar-refractivity contribution < 1.29 is 4.79 Å². The number of hydrogen-bond acceptors (Lipinski definition) is 5. The highest BCUT2D eigenvalue weighted by molar-refractivity contribution is 7.09. The number of aromatic nitrogens is 3. The van der Waals surface area contributed by atoms with E-state index in [4.69, 9.17) is 0 Å². The third-order valence-electron chi connectivity index (χ3n) is 6.45. The number of nitrogens with zero attached hydrogens (tertiary/aromatic N) is 4. The molecule has 1 N–H and O–H groups in total. The summed E-state index contributed by atoms with van der Waals surface area (Å²) in [5.41, 5.74) is 0. The summed E-state index contributed by atoms with van der Waals surface area (Å²) < 4.78 is 2.09. The second-order valence-corrected chi connectivity index (χ2v) is 9.30. The largest absolute Gasteiger partial charge is 0.347 e. The molecule has 0 bridgehead atoms. The van der Waals surface area contributed by atoms with Crippen LogP contribution in [-0.4, -0.2) is 44.7 Å². The predicted octanol–water partition coefficient (Wildman–Crippen LogP) is 3.02. The zero-order valence-electron chi connectivity index (χ0n) is 15.6. The van der Waals surface area contributed by atoms with Crippen molar-refractivity contribution in [2.45, 2.75) is 63.6 Å². The van der Waals surface area contributed by atoms with Gasteiger partial charge in [0, 0.05) is 43.0 Å². The minimum Gasteiger partial charge on any atom is -0.347 e. The summed E-state index contributed by atoms with van der Waals surface area (Å²) in [5.74, 6) is 2.55. The molecule has 5 rings (SSSR count). The summed E-state index contributed by atoms with van der Waals surface area (Å²) in [5, 5.41) is 14.1. The van der Waals surface area contributed by atoms with E-state index in [1.165, 1.54) is 24.1 Å². The van der Waals surface area contributed by atoms with Gasteiger partial charge >= 0.3 is 0 Å². The van der Waals surface area contributed by atoms with Gasteiger partial charge in [-0.05, 0) is 36.6 Å². The van der Waals surface area contributed by atoms with E-state index in [9.17, 15) is 4.79 Å². The van der Waals surface area contributed by atoms with Gasteiger partial charge in [-0.1, -0.05) is 25.3 Å². The molecular weight excluding hydrogens is 358 g/mol. The first-order valence-electron chi connectivity index (χ1n) is 10.3. The average Bonchev–Trinajstić information content (AvgIpc) is 3.41. The van der Waals surface area contributed by atoms with Crippen molar-refractivity contribution in [3.05, 3.63) is 34.0 Å². The van der Waals surface area contributed by atoms with Crippen LogP contribution in [0.2, 0.25) is 0 Å². The number of carbonyl (C=O) groups is 1. The van der Waals surface area contributed by atoms with Gasteiger partial charge in [-0.15, -0.1) is 21.5 Å². The lowest BCUT2D eigenvalue weighted by atomic mass is 9.89. The van der Waals surface area contributed by atoms with Crippen LogP contribution in [0.15, 0.2) is 17.5 Å². The summed E-state index contributed by atoms with van der Waals surface area (Å²) in [7, 11) is 0. The molecule has 144 valence electrons. The maximum atomic E-state index is 12.8. The number of nitrogens with one attached hydrogen (secondary N) is 1. The molecule has 1 saturated heterocycles. The fraction of sp³-hybridized carbons (Fsp3) is 0.650. The fourth-order valence-corrected chi connectivity index (χ4v) is 5.81. The van der Waals surface area contributed by atoms with E-state index in [1.807, 2.05) is 11.3 Å². The van der Waals surface area contributed by atoms with Crippen molar-refractivity contribution in [3.63, 3.8) is 0 Å². The molecule has 6 nitrogen and oxygen atoms in total. The third kappa shape index (κ3) is 3.43. The molecule has 2 aromatic rings. The molecule has 3 aliphatic rings. The third-order valence-corrected chi connectivity index (χ3v) is 7.32. The smallest absolute Gasteiger partial charge is 0.289 e. The minimum absolute atomic E-state index is 0.0347. The number of likely N-dealkylation sites (tertiary alicyclic amines) is 1. The minimum atomic E-state index is -0.0347. The Morgan fingerprint density at radius 1 is 1.19 bits per heavy atom. The molecule has 1 amide bonds. The van der Waals surface area contributed by atoms with Crippen LogP contribution in [-0.2, 0) is 13.1 Å². The topological polar surface area (TPSA) is 63.1 Å². The van der Waals surface area contributed by atoms with Gasteiger partial charge in [0.15, 0.2) is 0 Å². The van der Waals surface area contributed by atoms with Crippen LogP contribution in [0.3, 0.4) is 0 Å². The molecule has 2 atom stereocenters. The number of carbonyl (C=O) groups excluding carboxylic acids is 1. The molecule has 2 unspecified atom stereocenters. The molecule has 2 aliphatic heterocycles. The van der Waals surface area contributed by atoms with Crippen LogP contribution in [0.25, 0.3) is 0 Å². The van der Waals surface area contributed by atoms with E-state index in [-0.39, 0.29) is 5.91 Å². The van der Waals surface area contributed by atoms with Crippen molar-refractivity contribution in [2.24, 2.45) is 5.92 Å². The SMILES string of the molecule is O=C(NC1CCCCC1)c1nnc2n1CCC1CN(Cc3cccs3)CC21. The molecule has 2 aromatic heterocycles. The van der Waals surface area contributed by atoms with Crippen LogP contribution >= 0.6 is 11.3 Å². The maximum absolute atomic E-state index is 12.8. The summed E-state index contributed by atoms with van der Waals surface area (Å²) in [4.78, 5) is 16.7. The van der Waals surface area contributed by atoms with Crippen molar-refractivity contribution in [1.82, 2.24) is 25.0 Å². The van der Waals surface area contributed by atoms with E-state index in [2.05, 4.69) is 42.5 Å². The van der Waals surface area contributed by atoms with Gasteiger partial charge in [0.1, 0.15) is 5.82 Å². The second kappa shape index (κ2) is 7.36. The molecular formula is C20H27N5OS. The Labute approximate surface area is 164 Å². The number of amides is 1. The van der Waals surface area contributed by atoms with E-state index in [0.717, 1.165) is 51.3 Å². The van der Waals surface area contributed by atoms with Crippen molar-refractivity contribution >= 4 is 17.2 Å². The Morgan fingerprint density at radius 3 is 2.89 bits per heavy atom. The zero-order chi connectivity index (χ0) is 18.2. The average molecular weight is 386 g/mol. The lowest BCUT2D eigenvalue weighted by Gasteiger charge is -2.26. The summed E-state index contributed by atoms with van der Waals surface area (Å²) in [6.07, 6.45) is 7.02. The molecule has 1 aliphatic carbocycles. The van der Waals surface area contributed by atoms with Crippen LogP contribution in [0.1, 0.15) is 65.8 Å². The first-order chi connectivity index (χ1) is 13.3. The van der Waals surface area contributed by atoms with Crippen LogP contribution < -0.4 is 5.32 Å². The molecule has 0 aromatic carbocycles. The predicted molar refractivity (Wildman–Crippen MR) is 105 cm³/mol. The van der Waals surface area contributed by atoms with Gasteiger partial charge in [0.05, 0.1) is 0 Å². The van der Waals surface area contributed by atoms with Gasteiger partial charge < -0.3 is 9.88 Å². The molecule has 4 heterocycles. The first-order valence-corrected chi connectivity index (χ1v) is 11.1. The molecule has 0 radical (unpaired) electrons. The molecule has 2 fully saturated rings. The number of fused-ring (bicyclic) bond motifs is 3. The molecule has 1 saturated carbocycles. The van der Waals surface area contributed by atoms with Crippen LogP contribution in [0, 0.1) is 5.92 Å². The quantitative estimate of drug-likeness (QED) is 0.879. The number of hydrogen-bond donors (Lipinski definition) is 1. The van der Waals surface area contributed by atoms with E-state index >= 15 is 0 Å². The monoisotopic (exact) mass is 385 g/mol. The van der Waals surface area contributed by atoms with E-state index < -0.39 is 0 Å². The Balaban J connectivity index is 1.29. The summed E-state index contributed by atoms with van der Waals surface area (Å²) in [6.45, 7) is 4.03. The Morgan fingerprint density at radius 2 is 2.07 bits per heavy atom. The Kier molecular flexibility index (Phi) is 4.73. The van der Waals surface area contributed by atoms with Crippen LogP contribution in [0.4, 0.5) is 0 Å². The van der Waals surface area contributed by atoms with Crippen LogP contribution in [0.5, 0.6) is 0 Å². The van der Waals surface area contributed by atoms with Crippen molar-refractivity contribution in [3.8, 4) is 0 Å². The van der Waals surface area contributed by atoms with Gasteiger partial charge in [-0.25, -0.2) is 0 Å². The van der Waals surface area contributed by atoms with E-state index in [1.54, 1.807) is 0 Å². The van der Waals surface area contributed by atoms with Gasteiger partial charge in [-0.3, -0.25) is 9.69 Å². The lowest BCUT2D eigenvalue weighted by molar-refractivity contribution is 0.0910. The first kappa shape index (κ1) is 17.4. The van der Waals surface area contributed by atoms with Gasteiger partial charge in [-0.2, -0.15) is 0 Å². The highest BCUT2D eigenvalue weighted by Crippen LogP contribution is 2.39. The summed E-state index contributed by atoms with van der Waals surface area (Å²) >= 11 is 1.83. The number of thiophene rings is 1. The molecule has 7 heteroatoms.